The number of ether oxygens (including phenoxy) is 8. The molecule has 0 amide bonds. The van der Waals surface area contributed by atoms with E-state index in [9.17, 15) is 39.0 Å². The largest absolute Gasteiger partial charge is 0.469 e. The summed E-state index contributed by atoms with van der Waals surface area (Å²) >= 11 is 0. The summed E-state index contributed by atoms with van der Waals surface area (Å²) in [5, 5.41) is 36.9. The van der Waals surface area contributed by atoms with Crippen molar-refractivity contribution >= 4 is 35.8 Å². The first kappa shape index (κ1) is 35.6. The van der Waals surface area contributed by atoms with Crippen LogP contribution in [0.3, 0.4) is 0 Å². The van der Waals surface area contributed by atoms with E-state index in [-0.39, 0.29) is 6.42 Å². The van der Waals surface area contributed by atoms with E-state index in [1.165, 1.54) is 7.11 Å². The van der Waals surface area contributed by atoms with Gasteiger partial charge in [0.05, 0.1) is 26.7 Å². The molecule has 18 heteroatoms. The molecule has 0 saturated carbocycles. The van der Waals surface area contributed by atoms with Crippen LogP contribution in [0.5, 0.6) is 0 Å². The number of aliphatic hydroxyl groups excluding tert-OH is 4. The average Bonchev–Trinajstić information content (AvgIpc) is 2.87. The maximum atomic E-state index is 12.0. The minimum absolute atomic E-state index is 0.307. The van der Waals surface area contributed by atoms with Gasteiger partial charge < -0.3 is 58.3 Å². The lowest BCUT2D eigenvalue weighted by Gasteiger charge is -2.42. The first-order chi connectivity index (χ1) is 19.0. The summed E-state index contributed by atoms with van der Waals surface area (Å²) in [4.78, 5) is 68.6. The second kappa shape index (κ2) is 16.1. The smallest absolute Gasteiger partial charge is 0.339 e. The fourth-order valence-corrected chi connectivity index (χ4v) is 3.69. The second-order valence-corrected chi connectivity index (χ2v) is 8.60. The molecule has 0 unspecified atom stereocenters. The van der Waals surface area contributed by atoms with Crippen molar-refractivity contribution in [2.24, 2.45) is 0 Å². The molecule has 0 aromatic carbocycles. The highest BCUT2D eigenvalue weighted by Crippen LogP contribution is 2.30. The first-order valence-corrected chi connectivity index (χ1v) is 11.9. The fourth-order valence-electron chi connectivity index (χ4n) is 3.69. The van der Waals surface area contributed by atoms with Gasteiger partial charge in [-0.1, -0.05) is 0 Å². The van der Waals surface area contributed by atoms with Gasteiger partial charge in [0.15, 0.2) is 24.6 Å². The van der Waals surface area contributed by atoms with Crippen molar-refractivity contribution in [1.82, 2.24) is 0 Å². The molecule has 4 N–H and O–H groups in total. The lowest BCUT2D eigenvalue weighted by Crippen LogP contribution is -2.64. The molecule has 18 nitrogen and oxygen atoms in total. The quantitative estimate of drug-likeness (QED) is 0.164. The molecule has 2 rings (SSSR count). The summed E-state index contributed by atoms with van der Waals surface area (Å²) < 4.78 is 39.1. The third-order valence-electron chi connectivity index (χ3n) is 5.40. The molecule has 2 aliphatic rings. The SMILES string of the molecule is COC(=O)C[C@H]1O[C@H](O)[C@@H](O)[C@@H](O)[C@H]1O.COC(=O)[C@H]1O[C@@H](OC(C)=O)[C@H](OC(C)=O)[C@@H](OC(C)=O)[C@@H]1OC(C)=O. The first-order valence-electron chi connectivity index (χ1n) is 11.9. The Morgan fingerprint density at radius 1 is 0.610 bits per heavy atom. The fraction of sp³-hybridized carbons (Fsp3) is 0.739. The van der Waals surface area contributed by atoms with Crippen molar-refractivity contribution in [1.29, 1.82) is 0 Å². The molecule has 0 aromatic rings. The average molecular weight is 599 g/mol. The summed E-state index contributed by atoms with van der Waals surface area (Å²) in [7, 11) is 2.22. The van der Waals surface area contributed by atoms with Crippen LogP contribution in [0.2, 0.25) is 0 Å². The maximum Gasteiger partial charge on any atom is 0.339 e. The van der Waals surface area contributed by atoms with Gasteiger partial charge in [-0.3, -0.25) is 24.0 Å². The Bertz CT molecular complexity index is 951. The molecule has 2 aliphatic heterocycles. The van der Waals surface area contributed by atoms with Crippen molar-refractivity contribution in [3.8, 4) is 0 Å². The molecular weight excluding hydrogens is 564 g/mol. The highest BCUT2D eigenvalue weighted by Gasteiger charge is 2.56. The highest BCUT2D eigenvalue weighted by atomic mass is 16.7. The number of carbonyl (C=O) groups excluding carboxylic acids is 6. The number of hydrogen-bond donors (Lipinski definition) is 4. The van der Waals surface area contributed by atoms with Crippen molar-refractivity contribution in [2.75, 3.05) is 14.2 Å². The van der Waals surface area contributed by atoms with Gasteiger partial charge in [0.1, 0.15) is 18.3 Å². The minimum Gasteiger partial charge on any atom is -0.469 e. The predicted molar refractivity (Wildman–Crippen MR) is 125 cm³/mol. The molecule has 234 valence electrons. The van der Waals surface area contributed by atoms with Gasteiger partial charge in [0, 0.05) is 27.7 Å². The van der Waals surface area contributed by atoms with Crippen LogP contribution >= 0.6 is 0 Å². The topological polar surface area (TPSA) is 257 Å². The molecular formula is C23H34O18. The maximum absolute atomic E-state index is 12.0. The van der Waals surface area contributed by atoms with Crippen molar-refractivity contribution < 1.29 is 87.1 Å². The van der Waals surface area contributed by atoms with Crippen LogP contribution in [0.25, 0.3) is 0 Å². The number of hydrogen-bond acceptors (Lipinski definition) is 18. The number of methoxy groups -OCH3 is 2. The molecule has 0 bridgehead atoms. The van der Waals surface area contributed by atoms with Crippen LogP contribution in [0.1, 0.15) is 34.1 Å². The van der Waals surface area contributed by atoms with Crippen molar-refractivity contribution in [2.45, 2.75) is 95.5 Å². The summed E-state index contributed by atoms with van der Waals surface area (Å²) in [6.07, 6.45) is -15.3. The molecule has 0 aromatic heterocycles. The lowest BCUT2D eigenvalue weighted by atomic mass is 9.97. The van der Waals surface area contributed by atoms with Crippen LogP contribution in [0.15, 0.2) is 0 Å². The molecule has 2 heterocycles. The highest BCUT2D eigenvalue weighted by molar-refractivity contribution is 5.77. The Kier molecular flexibility index (Phi) is 14.0. The van der Waals surface area contributed by atoms with Gasteiger partial charge in [0.2, 0.25) is 12.4 Å². The van der Waals surface area contributed by atoms with E-state index in [1.807, 2.05) is 0 Å². The molecule has 2 saturated heterocycles. The summed E-state index contributed by atoms with van der Waals surface area (Å²) in [6, 6.07) is 0. The Hall–Kier alpha value is -3.42. The Labute approximate surface area is 233 Å². The Balaban J connectivity index is 0.000000474. The number of esters is 6. The number of aliphatic hydroxyl groups is 4. The van der Waals surface area contributed by atoms with Crippen LogP contribution in [0.4, 0.5) is 0 Å². The lowest BCUT2D eigenvalue weighted by molar-refractivity contribution is -0.294. The van der Waals surface area contributed by atoms with Gasteiger partial charge in [-0.05, 0) is 0 Å². The second-order valence-electron chi connectivity index (χ2n) is 8.60. The summed E-state index contributed by atoms with van der Waals surface area (Å²) in [5.41, 5.74) is 0. The van der Waals surface area contributed by atoms with Crippen LogP contribution in [-0.2, 0) is 66.7 Å². The van der Waals surface area contributed by atoms with Gasteiger partial charge in [-0.25, -0.2) is 4.79 Å². The summed E-state index contributed by atoms with van der Waals surface area (Å²) in [5.74, 6) is -4.90. The normalized spacial score (nSPS) is 32.6. The number of rotatable bonds is 7. The van der Waals surface area contributed by atoms with Crippen LogP contribution in [-0.4, -0.2) is 132 Å². The van der Waals surface area contributed by atoms with Gasteiger partial charge in [-0.15, -0.1) is 0 Å². The third-order valence-corrected chi connectivity index (χ3v) is 5.40. The molecule has 0 aliphatic carbocycles. The third kappa shape index (κ3) is 10.5. The molecule has 41 heavy (non-hydrogen) atoms. The molecule has 0 spiro atoms. The minimum atomic E-state index is -1.63. The van der Waals surface area contributed by atoms with Crippen molar-refractivity contribution in [3.05, 3.63) is 0 Å². The van der Waals surface area contributed by atoms with E-state index in [2.05, 4.69) is 9.47 Å². The zero-order valence-electron chi connectivity index (χ0n) is 23.0. The van der Waals surface area contributed by atoms with E-state index >= 15 is 0 Å². The Morgan fingerprint density at radius 3 is 1.56 bits per heavy atom. The molecule has 2 fully saturated rings. The van der Waals surface area contributed by atoms with E-state index in [0.717, 1.165) is 34.8 Å². The van der Waals surface area contributed by atoms with E-state index in [1.54, 1.807) is 0 Å². The van der Waals surface area contributed by atoms with Gasteiger partial charge in [0.25, 0.3) is 0 Å². The predicted octanol–water partition coefficient (Wildman–Crippen LogP) is -3.41. The Morgan fingerprint density at radius 2 is 1.10 bits per heavy atom. The van der Waals surface area contributed by atoms with E-state index in [0.29, 0.717) is 0 Å². The van der Waals surface area contributed by atoms with E-state index < -0.39 is 97.2 Å². The zero-order valence-corrected chi connectivity index (χ0v) is 23.0. The molecule has 10 atom stereocenters. The summed E-state index contributed by atoms with van der Waals surface area (Å²) in [6.45, 7) is 4.22. The standard InChI is InChI=1S/C15H20O11.C8H14O7/c1-6(16)22-10-11(23-7(2)17)13(24-8(3)18)15(25-9(4)19)26-12(10)14(20)21-5;1-14-4(9)2-3-5(10)6(11)7(12)8(13)15-3/h10-13,15H,1-5H3;3,5-8,10-13H,2H2,1H3/t10-,11-,12-,13+,15+;3-,5+,6+,7+,8+/m01/s1. The van der Waals surface area contributed by atoms with Crippen molar-refractivity contribution in [3.63, 3.8) is 0 Å². The zero-order chi connectivity index (χ0) is 31.6. The van der Waals surface area contributed by atoms with Gasteiger partial charge >= 0.3 is 35.8 Å². The van der Waals surface area contributed by atoms with Crippen LogP contribution in [0, 0.1) is 0 Å². The van der Waals surface area contributed by atoms with Gasteiger partial charge in [-0.2, -0.15) is 0 Å². The van der Waals surface area contributed by atoms with Crippen LogP contribution < -0.4 is 0 Å². The molecule has 0 radical (unpaired) electrons. The monoisotopic (exact) mass is 598 g/mol. The number of carbonyl (C=O) groups is 6. The van der Waals surface area contributed by atoms with E-state index in [4.69, 9.17) is 38.6 Å².